The summed E-state index contributed by atoms with van der Waals surface area (Å²) in [5.41, 5.74) is -1.29. The Hall–Kier alpha value is -1.99. The predicted molar refractivity (Wildman–Crippen MR) is 104 cm³/mol. The first-order valence-electron chi connectivity index (χ1n) is 10.1. The molecule has 0 bridgehead atoms. The van der Waals surface area contributed by atoms with Gasteiger partial charge in [0.05, 0.1) is 18.3 Å². The van der Waals surface area contributed by atoms with Crippen LogP contribution in [0, 0.1) is 22.7 Å². The fraction of sp³-hybridized carbons (Fsp3) is 0.682. The minimum absolute atomic E-state index is 0.0526. The Morgan fingerprint density at radius 1 is 1.17 bits per heavy atom. The number of esters is 1. The molecule has 29 heavy (non-hydrogen) atoms. The summed E-state index contributed by atoms with van der Waals surface area (Å²) < 4.78 is 4.93. The van der Waals surface area contributed by atoms with Gasteiger partial charge in [-0.25, -0.2) is 0 Å². The SMILES string of the molecule is CC(=O)OCC(C)C1=C(O)C2=C(C(=O)C1=O)C1(C)CCCC(C)(C)C1C(O)C2O. The molecule has 5 unspecified atom stereocenters. The maximum atomic E-state index is 13.2. The van der Waals surface area contributed by atoms with Crippen LogP contribution in [0.25, 0.3) is 0 Å². The van der Waals surface area contributed by atoms with Crippen molar-refractivity contribution in [3.63, 3.8) is 0 Å². The minimum Gasteiger partial charge on any atom is -0.507 e. The molecule has 0 aliphatic heterocycles. The van der Waals surface area contributed by atoms with Gasteiger partial charge in [-0.1, -0.05) is 34.1 Å². The quantitative estimate of drug-likeness (QED) is 0.372. The second-order valence-corrected chi connectivity index (χ2v) is 9.59. The van der Waals surface area contributed by atoms with Gasteiger partial charge in [0.15, 0.2) is 0 Å². The number of hydrogen-bond donors (Lipinski definition) is 3. The van der Waals surface area contributed by atoms with E-state index in [1.807, 2.05) is 20.8 Å². The molecule has 1 saturated carbocycles. The Kier molecular flexibility index (Phi) is 5.28. The van der Waals surface area contributed by atoms with Crippen LogP contribution in [-0.4, -0.2) is 51.7 Å². The molecule has 0 radical (unpaired) electrons. The number of ketones is 2. The summed E-state index contributed by atoms with van der Waals surface area (Å²) in [7, 11) is 0. The molecule has 0 amide bonds. The van der Waals surface area contributed by atoms with Crippen LogP contribution in [0.15, 0.2) is 22.5 Å². The lowest BCUT2D eigenvalue weighted by molar-refractivity contribution is -0.143. The van der Waals surface area contributed by atoms with Gasteiger partial charge in [-0.15, -0.1) is 0 Å². The van der Waals surface area contributed by atoms with Gasteiger partial charge >= 0.3 is 5.97 Å². The monoisotopic (exact) mass is 406 g/mol. The number of aliphatic hydroxyl groups is 3. The lowest BCUT2D eigenvalue weighted by atomic mass is 9.47. The molecule has 3 N–H and O–H groups in total. The van der Waals surface area contributed by atoms with Crippen LogP contribution in [-0.2, 0) is 19.1 Å². The fourth-order valence-electron chi connectivity index (χ4n) is 5.92. The number of carbonyl (C=O) groups is 3. The average Bonchev–Trinajstić information content (AvgIpc) is 2.60. The highest BCUT2D eigenvalue weighted by atomic mass is 16.5. The van der Waals surface area contributed by atoms with E-state index < -0.39 is 52.8 Å². The summed E-state index contributed by atoms with van der Waals surface area (Å²) in [4.78, 5) is 37.3. The molecule has 0 spiro atoms. The van der Waals surface area contributed by atoms with E-state index in [-0.39, 0.29) is 28.7 Å². The molecule has 0 aromatic carbocycles. The smallest absolute Gasteiger partial charge is 0.302 e. The van der Waals surface area contributed by atoms with Crippen LogP contribution < -0.4 is 0 Å². The number of hydrogen-bond acceptors (Lipinski definition) is 7. The van der Waals surface area contributed by atoms with Crippen LogP contribution in [0.1, 0.15) is 53.9 Å². The molecule has 0 aromatic heterocycles. The molecule has 7 nitrogen and oxygen atoms in total. The Balaban J connectivity index is 2.19. The van der Waals surface area contributed by atoms with Gasteiger partial charge in [-0.2, -0.15) is 0 Å². The minimum atomic E-state index is -1.48. The molecule has 160 valence electrons. The summed E-state index contributed by atoms with van der Waals surface area (Å²) in [6.07, 6.45) is -0.445. The maximum Gasteiger partial charge on any atom is 0.302 e. The van der Waals surface area contributed by atoms with Crippen molar-refractivity contribution in [3.05, 3.63) is 22.5 Å². The number of Topliss-reactive ketones (excluding diaryl/α,β-unsaturated/α-hetero) is 2. The zero-order valence-electron chi connectivity index (χ0n) is 17.6. The van der Waals surface area contributed by atoms with Crippen molar-refractivity contribution in [2.45, 2.75) is 66.1 Å². The zero-order valence-corrected chi connectivity index (χ0v) is 17.6. The second kappa shape index (κ2) is 7.06. The maximum absolute atomic E-state index is 13.2. The normalized spacial score (nSPS) is 35.2. The fourth-order valence-corrected chi connectivity index (χ4v) is 5.92. The van der Waals surface area contributed by atoms with E-state index in [2.05, 4.69) is 0 Å². The van der Waals surface area contributed by atoms with Crippen LogP contribution >= 0.6 is 0 Å². The summed E-state index contributed by atoms with van der Waals surface area (Å²) >= 11 is 0. The van der Waals surface area contributed by atoms with Crippen molar-refractivity contribution in [1.82, 2.24) is 0 Å². The van der Waals surface area contributed by atoms with Crippen LogP contribution in [0.3, 0.4) is 0 Å². The molecule has 3 rings (SSSR count). The first kappa shape index (κ1) is 21.7. The first-order valence-corrected chi connectivity index (χ1v) is 10.1. The Labute approximate surface area is 170 Å². The summed E-state index contributed by atoms with van der Waals surface area (Å²) in [5, 5.41) is 32.8. The molecule has 3 aliphatic carbocycles. The average molecular weight is 406 g/mol. The van der Waals surface area contributed by atoms with Gasteiger partial charge in [-0.05, 0) is 18.3 Å². The summed E-state index contributed by atoms with van der Waals surface area (Å²) in [6.45, 7) is 8.44. The van der Waals surface area contributed by atoms with E-state index in [4.69, 9.17) is 4.74 Å². The molecule has 0 aromatic rings. The molecular formula is C22H30O7. The third kappa shape index (κ3) is 3.15. The van der Waals surface area contributed by atoms with E-state index in [9.17, 15) is 29.7 Å². The summed E-state index contributed by atoms with van der Waals surface area (Å²) in [5.74, 6) is -3.77. The van der Waals surface area contributed by atoms with Gasteiger partial charge in [0.25, 0.3) is 0 Å². The molecular weight excluding hydrogens is 376 g/mol. The lowest BCUT2D eigenvalue weighted by Gasteiger charge is -2.57. The molecule has 5 atom stereocenters. The van der Waals surface area contributed by atoms with Crippen molar-refractivity contribution in [2.75, 3.05) is 6.61 Å². The van der Waals surface area contributed by atoms with Crippen molar-refractivity contribution in [1.29, 1.82) is 0 Å². The predicted octanol–water partition coefficient (Wildman–Crippen LogP) is 2.01. The van der Waals surface area contributed by atoms with Gasteiger partial charge < -0.3 is 20.1 Å². The Bertz CT molecular complexity index is 834. The van der Waals surface area contributed by atoms with Crippen molar-refractivity contribution < 1.29 is 34.4 Å². The van der Waals surface area contributed by atoms with Crippen molar-refractivity contribution in [2.24, 2.45) is 22.7 Å². The molecule has 0 heterocycles. The number of ether oxygens (including phenoxy) is 1. The van der Waals surface area contributed by atoms with E-state index in [0.717, 1.165) is 12.8 Å². The Morgan fingerprint density at radius 2 is 1.79 bits per heavy atom. The Morgan fingerprint density at radius 3 is 2.38 bits per heavy atom. The highest BCUT2D eigenvalue weighted by Gasteiger charge is 2.61. The molecule has 3 aliphatic rings. The molecule has 7 heteroatoms. The van der Waals surface area contributed by atoms with E-state index >= 15 is 0 Å². The van der Waals surface area contributed by atoms with Gasteiger partial charge in [-0.3, -0.25) is 14.4 Å². The standard InChI is InChI=1S/C22H30O7/c1-10(9-29-11(2)23)12-15(24)13-14(18(27)16(12)25)22(5)8-6-7-21(3,4)20(22)19(28)17(13)26/h10,17,19-20,24,26,28H,6-9H2,1-5H3. The highest BCUT2D eigenvalue weighted by Crippen LogP contribution is 2.61. The van der Waals surface area contributed by atoms with Gasteiger partial charge in [0.2, 0.25) is 11.6 Å². The third-order valence-electron chi connectivity index (χ3n) is 7.06. The second-order valence-electron chi connectivity index (χ2n) is 9.59. The number of aliphatic hydroxyl groups excluding tert-OH is 3. The number of carbonyl (C=O) groups excluding carboxylic acids is 3. The van der Waals surface area contributed by atoms with Crippen LogP contribution in [0.5, 0.6) is 0 Å². The number of allylic oxidation sites excluding steroid dienone is 1. The third-order valence-corrected chi connectivity index (χ3v) is 7.06. The van der Waals surface area contributed by atoms with Gasteiger partial charge in [0.1, 0.15) is 11.9 Å². The summed E-state index contributed by atoms with van der Waals surface area (Å²) in [6, 6.07) is 0. The zero-order chi connectivity index (χ0) is 21.9. The van der Waals surface area contributed by atoms with Crippen LogP contribution in [0.4, 0.5) is 0 Å². The van der Waals surface area contributed by atoms with E-state index in [1.165, 1.54) is 6.92 Å². The number of rotatable bonds is 3. The number of fused-ring (bicyclic) bond motifs is 2. The van der Waals surface area contributed by atoms with E-state index in [0.29, 0.717) is 6.42 Å². The van der Waals surface area contributed by atoms with Crippen molar-refractivity contribution in [3.8, 4) is 0 Å². The topological polar surface area (TPSA) is 121 Å². The van der Waals surface area contributed by atoms with E-state index in [1.54, 1.807) is 6.92 Å². The van der Waals surface area contributed by atoms with Crippen molar-refractivity contribution >= 4 is 17.5 Å². The highest BCUT2D eigenvalue weighted by molar-refractivity contribution is 6.50. The van der Waals surface area contributed by atoms with Crippen LogP contribution in [0.2, 0.25) is 0 Å². The molecule has 1 fully saturated rings. The molecule has 0 saturated heterocycles. The largest absolute Gasteiger partial charge is 0.507 e. The van der Waals surface area contributed by atoms with Gasteiger partial charge in [0, 0.05) is 35.3 Å². The lowest BCUT2D eigenvalue weighted by Crippen LogP contribution is -2.59. The first-order chi connectivity index (χ1) is 13.3.